The van der Waals surface area contributed by atoms with E-state index in [9.17, 15) is 9.59 Å². The van der Waals surface area contributed by atoms with E-state index in [0.29, 0.717) is 24.1 Å². The Morgan fingerprint density at radius 3 is 2.13 bits per heavy atom. The summed E-state index contributed by atoms with van der Waals surface area (Å²) in [6.07, 6.45) is 2.82. The lowest BCUT2D eigenvalue weighted by molar-refractivity contribution is -0.133. The van der Waals surface area contributed by atoms with Crippen molar-refractivity contribution in [1.82, 2.24) is 9.80 Å². The van der Waals surface area contributed by atoms with Gasteiger partial charge in [0.05, 0.1) is 0 Å². The van der Waals surface area contributed by atoms with E-state index >= 15 is 0 Å². The molecule has 0 radical (unpaired) electrons. The van der Waals surface area contributed by atoms with Gasteiger partial charge in [0.2, 0.25) is 0 Å². The molecule has 2 heterocycles. The zero-order chi connectivity index (χ0) is 22.4. The second-order valence-electron chi connectivity index (χ2n) is 8.87. The first-order chi connectivity index (χ1) is 14.1. The normalized spacial score (nSPS) is 21.3. The molecule has 2 aliphatic rings. The van der Waals surface area contributed by atoms with E-state index in [1.165, 1.54) is 21.1 Å². The van der Waals surface area contributed by atoms with Crippen LogP contribution in [0.15, 0.2) is 17.7 Å². The average molecular weight is 428 g/mol. The number of fused-ring (bicyclic) bond motifs is 1. The molecule has 3 rings (SSSR count). The van der Waals surface area contributed by atoms with Gasteiger partial charge >= 0.3 is 0 Å². The van der Waals surface area contributed by atoms with E-state index in [0.717, 1.165) is 24.1 Å². The quantitative estimate of drug-likeness (QED) is 0.404. The van der Waals surface area contributed by atoms with Gasteiger partial charge in [-0.15, -0.1) is 0 Å². The number of rotatable bonds is 4. The lowest BCUT2D eigenvalue weighted by atomic mass is 9.79. The maximum atomic E-state index is 13.0. The first kappa shape index (κ1) is 22.5. The fourth-order valence-electron chi connectivity index (χ4n) is 4.94. The van der Waals surface area contributed by atoms with E-state index in [1.807, 2.05) is 20.8 Å². The number of amides is 2. The highest BCUT2D eigenvalue weighted by Crippen LogP contribution is 2.44. The Kier molecular flexibility index (Phi) is 6.10. The molecule has 0 aromatic heterocycles. The third-order valence-corrected chi connectivity index (χ3v) is 6.88. The molecule has 1 saturated heterocycles. The van der Waals surface area contributed by atoms with Crippen LogP contribution in [-0.2, 0) is 9.59 Å². The molecule has 0 spiro atoms. The van der Waals surface area contributed by atoms with Crippen LogP contribution in [0.1, 0.15) is 70.6 Å². The van der Waals surface area contributed by atoms with Crippen LogP contribution in [0, 0.1) is 6.92 Å². The molecule has 162 valence electrons. The van der Waals surface area contributed by atoms with Gasteiger partial charge < -0.3 is 4.90 Å². The van der Waals surface area contributed by atoms with Crippen LogP contribution in [-0.4, -0.2) is 51.9 Å². The van der Waals surface area contributed by atoms with Gasteiger partial charge in [0, 0.05) is 30.9 Å². The van der Waals surface area contributed by atoms with Crippen molar-refractivity contribution < 1.29 is 9.59 Å². The predicted molar refractivity (Wildman–Crippen MR) is 127 cm³/mol. The molecule has 1 aromatic carbocycles. The van der Waals surface area contributed by atoms with Crippen LogP contribution >= 0.6 is 12.2 Å². The molecular formula is C24H33N3O2S. The van der Waals surface area contributed by atoms with Crippen molar-refractivity contribution in [3.05, 3.63) is 34.4 Å². The highest BCUT2D eigenvalue weighted by molar-refractivity contribution is 7.80. The van der Waals surface area contributed by atoms with Gasteiger partial charge in [0.1, 0.15) is 5.57 Å². The van der Waals surface area contributed by atoms with Crippen molar-refractivity contribution in [3.8, 4) is 0 Å². The second kappa shape index (κ2) is 8.14. The minimum atomic E-state index is -0.307. The molecule has 1 atom stereocenters. The minimum Gasteiger partial charge on any atom is -0.366 e. The number of carbonyl (C=O) groups excluding carboxylic acids is 2. The summed E-state index contributed by atoms with van der Waals surface area (Å²) < 4.78 is 0. The molecule has 2 aliphatic heterocycles. The van der Waals surface area contributed by atoms with Crippen molar-refractivity contribution in [2.24, 2.45) is 0 Å². The SMILES string of the molecule is CCN1C(=O)C(=Cc2cc3c(cc2C)N(CC)C(C)(C)C[C@@H]3C)C(=O)N(CC)C1=S. The lowest BCUT2D eigenvalue weighted by Crippen LogP contribution is -2.55. The number of aryl methyl sites for hydroxylation is 1. The monoisotopic (exact) mass is 427 g/mol. The van der Waals surface area contributed by atoms with Crippen molar-refractivity contribution in [2.75, 3.05) is 24.5 Å². The molecule has 5 nitrogen and oxygen atoms in total. The maximum absolute atomic E-state index is 13.0. The topological polar surface area (TPSA) is 43.9 Å². The number of thiocarbonyl (C=S) groups is 1. The Hall–Kier alpha value is -2.21. The summed E-state index contributed by atoms with van der Waals surface area (Å²) in [5.74, 6) is -0.211. The lowest BCUT2D eigenvalue weighted by Gasteiger charge is -2.47. The maximum Gasteiger partial charge on any atom is 0.265 e. The standard InChI is InChI=1S/C24H33N3O2S/c1-8-25-21(28)19(22(29)26(9-2)23(25)30)13-17-12-18-16(5)14-24(6,7)27(10-3)20(18)11-15(17)4/h11-13,16H,8-10,14H2,1-7H3/t16-/m0/s1. The van der Waals surface area contributed by atoms with Crippen LogP contribution in [0.5, 0.6) is 0 Å². The number of nitrogens with zero attached hydrogens (tertiary/aromatic N) is 3. The molecule has 1 aromatic rings. The van der Waals surface area contributed by atoms with E-state index in [-0.39, 0.29) is 22.9 Å². The molecular weight excluding hydrogens is 394 g/mol. The molecule has 0 aliphatic carbocycles. The van der Waals surface area contributed by atoms with Crippen LogP contribution in [0.4, 0.5) is 5.69 Å². The predicted octanol–water partition coefficient (Wildman–Crippen LogP) is 4.49. The third-order valence-electron chi connectivity index (χ3n) is 6.43. The number of anilines is 1. The highest BCUT2D eigenvalue weighted by atomic mass is 32.1. The summed E-state index contributed by atoms with van der Waals surface area (Å²) >= 11 is 5.36. The Morgan fingerprint density at radius 1 is 1.07 bits per heavy atom. The summed E-state index contributed by atoms with van der Waals surface area (Å²) in [6, 6.07) is 4.38. The van der Waals surface area contributed by atoms with Crippen LogP contribution < -0.4 is 4.90 Å². The Bertz CT molecular complexity index is 907. The average Bonchev–Trinajstić information content (AvgIpc) is 2.66. The Morgan fingerprint density at radius 2 is 1.63 bits per heavy atom. The Balaban J connectivity index is 2.12. The summed E-state index contributed by atoms with van der Waals surface area (Å²) in [4.78, 5) is 31.5. The van der Waals surface area contributed by atoms with Crippen LogP contribution in [0.2, 0.25) is 0 Å². The number of hydrogen-bond acceptors (Lipinski definition) is 4. The number of benzene rings is 1. The molecule has 6 heteroatoms. The van der Waals surface area contributed by atoms with Gasteiger partial charge in [-0.25, -0.2) is 0 Å². The first-order valence-electron chi connectivity index (χ1n) is 10.9. The number of hydrogen-bond donors (Lipinski definition) is 0. The van der Waals surface area contributed by atoms with Crippen molar-refractivity contribution in [1.29, 1.82) is 0 Å². The molecule has 0 unspecified atom stereocenters. The van der Waals surface area contributed by atoms with Crippen LogP contribution in [0.25, 0.3) is 6.08 Å². The van der Waals surface area contributed by atoms with Gasteiger partial charge in [-0.3, -0.25) is 19.4 Å². The zero-order valence-corrected chi connectivity index (χ0v) is 20.0. The van der Waals surface area contributed by atoms with Gasteiger partial charge in [0.15, 0.2) is 5.11 Å². The van der Waals surface area contributed by atoms with Gasteiger partial charge in [-0.2, -0.15) is 0 Å². The largest absolute Gasteiger partial charge is 0.366 e. The second-order valence-corrected chi connectivity index (χ2v) is 9.23. The van der Waals surface area contributed by atoms with E-state index in [1.54, 1.807) is 6.08 Å². The summed E-state index contributed by atoms with van der Waals surface area (Å²) in [5.41, 5.74) is 4.80. The Labute approximate surface area is 185 Å². The number of likely N-dealkylation sites (N-methyl/N-ethyl adjacent to an activating group) is 2. The molecule has 1 fully saturated rings. The molecule has 0 saturated carbocycles. The van der Waals surface area contributed by atoms with Gasteiger partial charge in [-0.1, -0.05) is 6.92 Å². The van der Waals surface area contributed by atoms with E-state index in [4.69, 9.17) is 12.2 Å². The first-order valence-corrected chi connectivity index (χ1v) is 11.3. The molecule has 2 amide bonds. The van der Waals surface area contributed by atoms with Crippen molar-refractivity contribution in [3.63, 3.8) is 0 Å². The van der Waals surface area contributed by atoms with Gasteiger partial charge in [-0.05, 0) is 101 Å². The third kappa shape index (κ3) is 3.55. The summed E-state index contributed by atoms with van der Waals surface area (Å²) in [7, 11) is 0. The van der Waals surface area contributed by atoms with Crippen LogP contribution in [0.3, 0.4) is 0 Å². The minimum absolute atomic E-state index is 0.0990. The molecule has 0 bridgehead atoms. The summed E-state index contributed by atoms with van der Waals surface area (Å²) in [6.45, 7) is 16.7. The van der Waals surface area contributed by atoms with E-state index in [2.05, 4.69) is 44.7 Å². The van der Waals surface area contributed by atoms with Crippen molar-refractivity contribution in [2.45, 2.75) is 66.3 Å². The highest BCUT2D eigenvalue weighted by Gasteiger charge is 2.39. The molecule has 0 N–H and O–H groups in total. The fraction of sp³-hybridized carbons (Fsp3) is 0.542. The fourth-order valence-corrected chi connectivity index (χ4v) is 5.37. The smallest absolute Gasteiger partial charge is 0.265 e. The van der Waals surface area contributed by atoms with Crippen molar-refractivity contribution >= 4 is 40.9 Å². The molecule has 30 heavy (non-hydrogen) atoms. The van der Waals surface area contributed by atoms with E-state index < -0.39 is 0 Å². The zero-order valence-electron chi connectivity index (χ0n) is 19.2. The number of carbonyl (C=O) groups is 2. The summed E-state index contributed by atoms with van der Waals surface area (Å²) in [5, 5.41) is 0.295. The van der Waals surface area contributed by atoms with Gasteiger partial charge in [0.25, 0.3) is 11.8 Å².